The number of hydrogen-bond acceptors (Lipinski definition) is 5. The van der Waals surface area contributed by atoms with E-state index in [1.54, 1.807) is 84.9 Å². The maximum absolute atomic E-state index is 14.6. The summed E-state index contributed by atoms with van der Waals surface area (Å²) in [5, 5.41) is 4.97. The van der Waals surface area contributed by atoms with Gasteiger partial charge in [-0.2, -0.15) is 5.10 Å². The topological polar surface area (TPSA) is 92.8 Å². The van der Waals surface area contributed by atoms with E-state index in [1.165, 1.54) is 19.4 Å². The molecule has 0 aliphatic carbocycles. The first kappa shape index (κ1) is 25.7. The highest BCUT2D eigenvalue weighted by Gasteiger charge is 2.22. The van der Waals surface area contributed by atoms with Crippen LogP contribution in [0.3, 0.4) is 0 Å². The molecular weight excluding hydrogens is 521 g/mol. The molecule has 0 aliphatic rings. The number of rotatable bonds is 7. The highest BCUT2D eigenvalue weighted by molar-refractivity contribution is 6.34. The van der Waals surface area contributed by atoms with E-state index in [2.05, 4.69) is 15.5 Å². The molecule has 0 saturated carbocycles. The first-order chi connectivity index (χ1) is 19.0. The van der Waals surface area contributed by atoms with Crippen molar-refractivity contribution in [3.63, 3.8) is 0 Å². The summed E-state index contributed by atoms with van der Waals surface area (Å²) in [6, 6.07) is 24.8. The Morgan fingerprint density at radius 2 is 1.69 bits per heavy atom. The van der Waals surface area contributed by atoms with Gasteiger partial charge in [-0.1, -0.05) is 54.1 Å². The number of benzene rings is 4. The summed E-state index contributed by atoms with van der Waals surface area (Å²) in [6.45, 7) is 0. The molecule has 1 amide bonds. The first-order valence-corrected chi connectivity index (χ1v) is 12.2. The highest BCUT2D eigenvalue weighted by atomic mass is 35.5. The number of hydrogen-bond donors (Lipinski definition) is 2. The number of nitrogens with zero attached hydrogens (tertiary/aromatic N) is 1. The number of fused-ring (bicyclic) bond motifs is 1. The Kier molecular flexibility index (Phi) is 7.38. The SMILES string of the molecule is COc1ccc(C(=O)Oc2ccccc2C=NNC(=O)c2[nH]c3c(F)cccc3c2-c2ccccc2Cl)cc1. The summed E-state index contributed by atoms with van der Waals surface area (Å²) < 4.78 is 25.2. The predicted octanol–water partition coefficient (Wildman–Crippen LogP) is 6.62. The van der Waals surface area contributed by atoms with Gasteiger partial charge in [0.05, 0.1) is 24.4 Å². The van der Waals surface area contributed by atoms with Crippen molar-refractivity contribution >= 4 is 40.6 Å². The van der Waals surface area contributed by atoms with Crippen LogP contribution in [0, 0.1) is 5.82 Å². The summed E-state index contributed by atoms with van der Waals surface area (Å²) in [7, 11) is 1.54. The fourth-order valence-electron chi connectivity index (χ4n) is 4.08. The molecule has 7 nitrogen and oxygen atoms in total. The third kappa shape index (κ3) is 5.37. The van der Waals surface area contributed by atoms with Gasteiger partial charge in [-0.15, -0.1) is 0 Å². The van der Waals surface area contributed by atoms with Gasteiger partial charge in [0.15, 0.2) is 0 Å². The van der Waals surface area contributed by atoms with Crippen LogP contribution in [-0.4, -0.2) is 30.2 Å². The number of methoxy groups -OCH3 is 1. The Hall–Kier alpha value is -4.95. The molecule has 0 spiro atoms. The van der Waals surface area contributed by atoms with Crippen molar-refractivity contribution in [3.8, 4) is 22.6 Å². The third-order valence-electron chi connectivity index (χ3n) is 5.97. The molecule has 1 aromatic heterocycles. The maximum atomic E-state index is 14.6. The third-order valence-corrected chi connectivity index (χ3v) is 6.30. The lowest BCUT2D eigenvalue weighted by Gasteiger charge is -2.08. The lowest BCUT2D eigenvalue weighted by molar-refractivity contribution is 0.0734. The number of para-hydroxylation sites is 2. The van der Waals surface area contributed by atoms with Crippen molar-refractivity contribution in [2.24, 2.45) is 5.10 Å². The average Bonchev–Trinajstić information content (AvgIpc) is 3.35. The number of hydrazone groups is 1. The van der Waals surface area contributed by atoms with Crippen molar-refractivity contribution in [1.82, 2.24) is 10.4 Å². The second-order valence-corrected chi connectivity index (χ2v) is 8.78. The number of nitrogens with one attached hydrogen (secondary N) is 2. The summed E-state index contributed by atoms with van der Waals surface area (Å²) in [5.74, 6) is -0.807. The lowest BCUT2D eigenvalue weighted by Crippen LogP contribution is -2.19. The van der Waals surface area contributed by atoms with E-state index < -0.39 is 17.7 Å². The van der Waals surface area contributed by atoms with Gasteiger partial charge in [-0.25, -0.2) is 14.6 Å². The monoisotopic (exact) mass is 541 g/mol. The number of aromatic amines is 1. The van der Waals surface area contributed by atoms with Crippen molar-refractivity contribution < 1.29 is 23.5 Å². The van der Waals surface area contributed by atoms with Crippen LogP contribution < -0.4 is 14.9 Å². The number of halogens is 2. The molecule has 194 valence electrons. The van der Waals surface area contributed by atoms with Crippen molar-refractivity contribution in [1.29, 1.82) is 0 Å². The molecule has 1 heterocycles. The van der Waals surface area contributed by atoms with Crippen LogP contribution in [0.5, 0.6) is 11.5 Å². The number of carbonyl (C=O) groups excluding carboxylic acids is 2. The minimum absolute atomic E-state index is 0.0968. The average molecular weight is 542 g/mol. The summed E-state index contributed by atoms with van der Waals surface area (Å²) in [4.78, 5) is 28.7. The minimum Gasteiger partial charge on any atom is -0.497 e. The van der Waals surface area contributed by atoms with E-state index >= 15 is 0 Å². The molecule has 0 bridgehead atoms. The zero-order valence-electron chi connectivity index (χ0n) is 20.6. The molecule has 0 atom stereocenters. The number of amides is 1. The van der Waals surface area contributed by atoms with Crippen LogP contribution in [0.15, 0.2) is 96.1 Å². The minimum atomic E-state index is -0.607. The second-order valence-electron chi connectivity index (χ2n) is 8.37. The Labute approximate surface area is 227 Å². The molecule has 0 unspecified atom stereocenters. The normalized spacial score (nSPS) is 11.1. The molecule has 0 aliphatic heterocycles. The van der Waals surface area contributed by atoms with Crippen LogP contribution in [-0.2, 0) is 0 Å². The van der Waals surface area contributed by atoms with Gasteiger partial charge in [0.25, 0.3) is 5.91 Å². The molecule has 0 fully saturated rings. The molecule has 5 rings (SSSR count). The highest BCUT2D eigenvalue weighted by Crippen LogP contribution is 2.37. The van der Waals surface area contributed by atoms with Gasteiger partial charge >= 0.3 is 5.97 Å². The van der Waals surface area contributed by atoms with Crippen LogP contribution in [0.25, 0.3) is 22.0 Å². The van der Waals surface area contributed by atoms with E-state index in [0.29, 0.717) is 38.4 Å². The van der Waals surface area contributed by atoms with Crippen molar-refractivity contribution in [3.05, 3.63) is 119 Å². The van der Waals surface area contributed by atoms with Crippen molar-refractivity contribution in [2.45, 2.75) is 0 Å². The van der Waals surface area contributed by atoms with Gasteiger partial charge in [0.2, 0.25) is 0 Å². The number of H-pyrrole nitrogens is 1. The largest absolute Gasteiger partial charge is 0.497 e. The lowest BCUT2D eigenvalue weighted by atomic mass is 10.0. The fraction of sp³-hybridized carbons (Fsp3) is 0.0333. The van der Waals surface area contributed by atoms with E-state index in [9.17, 15) is 14.0 Å². The van der Waals surface area contributed by atoms with E-state index in [0.717, 1.165) is 0 Å². The quantitative estimate of drug-likeness (QED) is 0.105. The van der Waals surface area contributed by atoms with Gasteiger partial charge in [-0.05, 0) is 48.5 Å². The molecule has 2 N–H and O–H groups in total. The number of aromatic nitrogens is 1. The fourth-order valence-corrected chi connectivity index (χ4v) is 4.31. The second kappa shape index (κ2) is 11.2. The number of ether oxygens (including phenoxy) is 2. The number of esters is 1. The molecule has 5 aromatic rings. The van der Waals surface area contributed by atoms with Gasteiger partial charge in [-0.3, -0.25) is 4.79 Å². The van der Waals surface area contributed by atoms with E-state index in [4.69, 9.17) is 21.1 Å². The standard InChI is InChI=1S/C30H21ClFN3O4/c1-38-20-15-13-18(14-16-20)30(37)39-25-12-5-2-7-19(25)17-33-35-29(36)28-26(21-8-3-4-10-23(21)31)22-9-6-11-24(32)27(22)34-28/h2-17,34H,1H3,(H,35,36). The molecular formula is C30H21ClFN3O4. The summed E-state index contributed by atoms with van der Waals surface area (Å²) >= 11 is 6.42. The Morgan fingerprint density at radius 3 is 2.46 bits per heavy atom. The molecule has 39 heavy (non-hydrogen) atoms. The van der Waals surface area contributed by atoms with Crippen LogP contribution in [0.1, 0.15) is 26.4 Å². The Bertz CT molecular complexity index is 1710. The van der Waals surface area contributed by atoms with Crippen LogP contribution in [0.4, 0.5) is 4.39 Å². The Morgan fingerprint density at radius 1 is 0.949 bits per heavy atom. The van der Waals surface area contributed by atoms with Crippen LogP contribution >= 0.6 is 11.6 Å². The smallest absolute Gasteiger partial charge is 0.343 e. The predicted molar refractivity (Wildman–Crippen MR) is 148 cm³/mol. The van der Waals surface area contributed by atoms with Crippen molar-refractivity contribution in [2.75, 3.05) is 7.11 Å². The van der Waals surface area contributed by atoms with Gasteiger partial charge in [0, 0.05) is 27.1 Å². The molecule has 9 heteroatoms. The zero-order valence-corrected chi connectivity index (χ0v) is 21.3. The van der Waals surface area contributed by atoms with E-state index in [1.807, 2.05) is 0 Å². The molecule has 0 saturated heterocycles. The molecule has 0 radical (unpaired) electrons. The maximum Gasteiger partial charge on any atom is 0.343 e. The van der Waals surface area contributed by atoms with Gasteiger partial charge in [0.1, 0.15) is 23.0 Å². The number of carbonyl (C=O) groups is 2. The van der Waals surface area contributed by atoms with Crippen LogP contribution in [0.2, 0.25) is 5.02 Å². The Balaban J connectivity index is 1.39. The summed E-state index contributed by atoms with van der Waals surface area (Å²) in [6.07, 6.45) is 1.35. The van der Waals surface area contributed by atoms with Gasteiger partial charge < -0.3 is 14.5 Å². The van der Waals surface area contributed by atoms with E-state index in [-0.39, 0.29) is 17.0 Å². The zero-order chi connectivity index (χ0) is 27.4. The summed E-state index contributed by atoms with van der Waals surface area (Å²) in [5.41, 5.74) is 4.56. The molecule has 4 aromatic carbocycles. The first-order valence-electron chi connectivity index (χ1n) is 11.8.